The Kier molecular flexibility index (Phi) is 5.73. The van der Waals surface area contributed by atoms with E-state index in [-0.39, 0.29) is 5.69 Å². The largest absolute Gasteiger partial charge is 0.310 e. The zero-order valence-corrected chi connectivity index (χ0v) is 35.0. The molecule has 64 heavy (non-hydrogen) atoms. The molecule has 0 unspecified atom stereocenters. The number of rotatable bonds is 6. The van der Waals surface area contributed by atoms with Crippen LogP contribution in [-0.2, 0) is 10.8 Å². The lowest BCUT2D eigenvalue weighted by atomic mass is 9.70. The maximum absolute atomic E-state index is 10.4. The summed E-state index contributed by atoms with van der Waals surface area (Å²) in [5, 5.41) is 0. The normalized spacial score (nSPS) is 17.3. The number of anilines is 3. The van der Waals surface area contributed by atoms with Crippen LogP contribution in [0.25, 0.3) is 65.4 Å². The Hall–Kier alpha value is -7.52. The topological polar surface area (TPSA) is 3.24 Å². The summed E-state index contributed by atoms with van der Waals surface area (Å²) in [6.07, 6.45) is 0. The van der Waals surface area contributed by atoms with Crippen molar-refractivity contribution in [3.05, 3.63) is 258 Å². The molecule has 302 valence electrons. The Bertz CT molecular complexity index is 4050. The lowest BCUT2D eigenvalue weighted by molar-refractivity contribution is 0.660. The van der Waals surface area contributed by atoms with E-state index in [1.54, 1.807) is 16.2 Å². The van der Waals surface area contributed by atoms with E-state index in [0.717, 1.165) is 71.0 Å². The van der Waals surface area contributed by atoms with Gasteiger partial charge in [0, 0.05) is 45.9 Å². The highest BCUT2D eigenvalue weighted by Gasteiger charge is 2.54. The summed E-state index contributed by atoms with van der Waals surface area (Å²) >= 11 is 1.72. The first-order valence-electron chi connectivity index (χ1n) is 27.8. The van der Waals surface area contributed by atoms with Gasteiger partial charge in [0.2, 0.25) is 0 Å². The number of hydrogen-bond donors (Lipinski definition) is 0. The zero-order valence-electron chi connectivity index (χ0n) is 47.2. The maximum atomic E-state index is 10.4. The highest BCUT2D eigenvalue weighted by atomic mass is 32.1. The van der Waals surface area contributed by atoms with E-state index in [4.69, 9.17) is 11.0 Å². The van der Waals surface area contributed by atoms with Gasteiger partial charge in [-0.15, -0.1) is 11.3 Å². The number of para-hydroxylation sites is 1. The highest BCUT2D eigenvalue weighted by Crippen LogP contribution is 2.68. The minimum atomic E-state index is -3.56. The van der Waals surface area contributed by atoms with Crippen molar-refractivity contribution < 1.29 is 17.8 Å². The monoisotopic (exact) mass is 846 g/mol. The number of hydrogen-bond acceptors (Lipinski definition) is 2. The maximum Gasteiger partial charge on any atom is 0.0740 e. The molecule has 0 atom stereocenters. The fourth-order valence-electron chi connectivity index (χ4n) is 10.6. The molecule has 0 aliphatic heterocycles. The molecule has 3 aliphatic rings. The zero-order chi connectivity index (χ0) is 53.7. The van der Waals surface area contributed by atoms with Crippen molar-refractivity contribution in [2.24, 2.45) is 0 Å². The predicted octanol–water partition coefficient (Wildman–Crippen LogP) is 16.9. The first-order valence-corrected chi connectivity index (χ1v) is 22.1. The van der Waals surface area contributed by atoms with E-state index in [1.807, 2.05) is 97.1 Å². The molecular weight excluding hydrogens is 791 g/mol. The smallest absolute Gasteiger partial charge is 0.0740 e. The van der Waals surface area contributed by atoms with Gasteiger partial charge in [-0.25, -0.2) is 0 Å². The van der Waals surface area contributed by atoms with E-state index < -0.39 is 89.1 Å². The van der Waals surface area contributed by atoms with Gasteiger partial charge >= 0.3 is 0 Å². The SMILES string of the molecule is [2H]c1c([2H])c([2H])c2c(c1[2H])-c1c([2H])c(N(c3ccc4c(c3)-c3c(-c5ccccc5)sc(-c5ccccc5)c3C43c4ccccc4-c4ccccc43)c3ccccc3-c3ccccc3)c([2H])c([2H])c1C2(C([2H])([2H])[2H])C([2H])([2H])[2H]. The molecule has 0 amide bonds. The number of thiophene rings is 1. The predicted molar refractivity (Wildman–Crippen MR) is 269 cm³/mol. The first-order chi connectivity index (χ1) is 37.0. The molecule has 10 aromatic rings. The van der Waals surface area contributed by atoms with Gasteiger partial charge in [0.1, 0.15) is 0 Å². The summed E-state index contributed by atoms with van der Waals surface area (Å²) in [4.78, 5) is 3.82. The molecule has 1 heterocycles. The average molecular weight is 847 g/mol. The Morgan fingerprint density at radius 3 is 1.69 bits per heavy atom. The molecule has 0 bridgehead atoms. The first kappa shape index (κ1) is 26.2. The van der Waals surface area contributed by atoms with Gasteiger partial charge in [0.15, 0.2) is 0 Å². The Balaban J connectivity index is 1.19. The quantitative estimate of drug-likeness (QED) is 0.161. The minimum absolute atomic E-state index is 0.217. The van der Waals surface area contributed by atoms with Crippen molar-refractivity contribution >= 4 is 28.4 Å². The van der Waals surface area contributed by atoms with Crippen molar-refractivity contribution in [2.75, 3.05) is 4.90 Å². The summed E-state index contributed by atoms with van der Waals surface area (Å²) in [6.45, 7) is -7.13. The van der Waals surface area contributed by atoms with Crippen molar-refractivity contribution in [3.8, 4) is 65.4 Å². The lowest BCUT2D eigenvalue weighted by Crippen LogP contribution is -2.26. The fourth-order valence-corrected chi connectivity index (χ4v) is 12.0. The minimum Gasteiger partial charge on any atom is -0.310 e. The molecule has 0 radical (unpaired) electrons. The molecule has 13 rings (SSSR count). The van der Waals surface area contributed by atoms with Crippen molar-refractivity contribution in [3.63, 3.8) is 0 Å². The summed E-state index contributed by atoms with van der Waals surface area (Å²) in [5.74, 6) is 0. The van der Waals surface area contributed by atoms with Crippen molar-refractivity contribution in [2.45, 2.75) is 24.5 Å². The van der Waals surface area contributed by atoms with Gasteiger partial charge in [-0.1, -0.05) is 208 Å². The highest BCUT2D eigenvalue weighted by molar-refractivity contribution is 7.19. The Morgan fingerprint density at radius 2 is 1.00 bits per heavy atom. The van der Waals surface area contributed by atoms with Crippen LogP contribution in [0.15, 0.2) is 224 Å². The molecule has 0 N–H and O–H groups in total. The molecule has 1 nitrogen and oxygen atoms in total. The average Bonchev–Trinajstić information content (AvgIpc) is 4.35. The van der Waals surface area contributed by atoms with Gasteiger partial charge in [-0.3, -0.25) is 0 Å². The molecule has 2 heteroatoms. The third-order valence-electron chi connectivity index (χ3n) is 13.2. The summed E-state index contributed by atoms with van der Waals surface area (Å²) < 4.78 is 120. The summed E-state index contributed by atoms with van der Waals surface area (Å²) in [5.41, 5.74) is 6.16. The molecule has 3 aliphatic carbocycles. The van der Waals surface area contributed by atoms with Crippen LogP contribution in [0.1, 0.15) is 64.9 Å². The van der Waals surface area contributed by atoms with Gasteiger partial charge in [-0.2, -0.15) is 0 Å². The standard InChI is InChI=1S/C62H43NS/c1-61(2)51-30-16-12-29-48(51)49-38-43(34-36-52(49)61)63(56-33-19-15-26-45(56)40-20-6-3-7-21-40)44-35-37-55-50(39-44)57-58(62(55)53-31-17-13-27-46(53)47-28-14-18-32-54(47)62)60(42-24-10-5-11-25-42)64-59(57)41-22-8-4-9-23-41/h3-39H,1-2H3/i1D3,2D3,12D,16D,29D,30D,34D,36D,38D. The molecule has 1 aromatic heterocycles. The second kappa shape index (κ2) is 14.0. The van der Waals surface area contributed by atoms with E-state index in [0.29, 0.717) is 16.9 Å². The molecule has 0 saturated heterocycles. The van der Waals surface area contributed by atoms with E-state index in [2.05, 4.69) is 84.9 Å². The van der Waals surface area contributed by atoms with Crippen LogP contribution in [0.2, 0.25) is 0 Å². The third-order valence-corrected chi connectivity index (χ3v) is 14.5. The lowest BCUT2D eigenvalue weighted by Gasteiger charge is -2.32. The van der Waals surface area contributed by atoms with Crippen molar-refractivity contribution in [1.29, 1.82) is 0 Å². The summed E-state index contributed by atoms with van der Waals surface area (Å²) in [7, 11) is 0. The number of fused-ring (bicyclic) bond motifs is 13. The van der Waals surface area contributed by atoms with Crippen LogP contribution in [0, 0.1) is 0 Å². The van der Waals surface area contributed by atoms with Crippen LogP contribution in [0.3, 0.4) is 0 Å². The fraction of sp³-hybridized carbons (Fsp3) is 0.0645. The molecular formula is C62H43NS. The van der Waals surface area contributed by atoms with E-state index in [1.165, 1.54) is 0 Å². The molecule has 9 aromatic carbocycles. The second-order valence-electron chi connectivity index (χ2n) is 16.5. The van der Waals surface area contributed by atoms with Crippen LogP contribution in [0.4, 0.5) is 17.1 Å². The van der Waals surface area contributed by atoms with Gasteiger partial charge in [0.25, 0.3) is 0 Å². The van der Waals surface area contributed by atoms with Crippen LogP contribution < -0.4 is 4.90 Å². The van der Waals surface area contributed by atoms with Gasteiger partial charge in [0.05, 0.1) is 20.7 Å². The van der Waals surface area contributed by atoms with E-state index in [9.17, 15) is 6.85 Å². The Morgan fingerprint density at radius 1 is 0.438 bits per heavy atom. The van der Waals surface area contributed by atoms with Crippen LogP contribution in [-0.4, -0.2) is 0 Å². The molecule has 0 fully saturated rings. The Labute approximate surface area is 397 Å². The number of benzene rings is 9. The molecule has 1 spiro atoms. The van der Waals surface area contributed by atoms with Crippen LogP contribution in [0.5, 0.6) is 0 Å². The van der Waals surface area contributed by atoms with Gasteiger partial charge in [-0.05, 0) is 108 Å². The van der Waals surface area contributed by atoms with Crippen LogP contribution >= 0.6 is 11.3 Å². The van der Waals surface area contributed by atoms with Gasteiger partial charge < -0.3 is 4.90 Å². The number of nitrogens with zero attached hydrogens (tertiary/aromatic N) is 1. The second-order valence-corrected chi connectivity index (χ2v) is 17.5. The summed E-state index contributed by atoms with van der Waals surface area (Å²) in [6, 6.07) is 55.5. The van der Waals surface area contributed by atoms with E-state index >= 15 is 0 Å². The molecule has 0 saturated carbocycles. The third kappa shape index (κ3) is 5.12. The van der Waals surface area contributed by atoms with Crippen molar-refractivity contribution in [1.82, 2.24) is 0 Å².